The second kappa shape index (κ2) is 8.49. The van der Waals surface area contributed by atoms with Crippen molar-refractivity contribution in [3.8, 4) is 5.75 Å². The maximum atomic E-state index is 12.6. The fraction of sp³-hybridized carbons (Fsp3) is 0.300. The number of nitrogens with zero attached hydrogens (tertiary/aromatic N) is 1. The minimum absolute atomic E-state index is 0.0126. The van der Waals surface area contributed by atoms with Gasteiger partial charge in [-0.15, -0.1) is 0 Å². The van der Waals surface area contributed by atoms with Gasteiger partial charge < -0.3 is 19.7 Å². The molecule has 0 aliphatic carbocycles. The van der Waals surface area contributed by atoms with E-state index in [1.807, 2.05) is 30.3 Å². The topological polar surface area (TPSA) is 67.9 Å². The summed E-state index contributed by atoms with van der Waals surface area (Å²) in [5, 5.41) is 2.78. The van der Waals surface area contributed by atoms with Gasteiger partial charge in [0.05, 0.1) is 20.1 Å². The third-order valence-electron chi connectivity index (χ3n) is 4.21. The predicted molar refractivity (Wildman–Crippen MR) is 97.8 cm³/mol. The van der Waals surface area contributed by atoms with Gasteiger partial charge in [-0.05, 0) is 17.7 Å². The lowest BCUT2D eigenvalue weighted by atomic mass is 10.1. The highest BCUT2D eigenvalue weighted by Gasteiger charge is 2.31. The Kier molecular flexibility index (Phi) is 5.86. The third-order valence-corrected chi connectivity index (χ3v) is 4.21. The van der Waals surface area contributed by atoms with Gasteiger partial charge in [0, 0.05) is 24.8 Å². The summed E-state index contributed by atoms with van der Waals surface area (Å²) in [5.74, 6) is 0.237. The van der Waals surface area contributed by atoms with E-state index in [0.717, 1.165) is 5.56 Å². The van der Waals surface area contributed by atoms with Crippen molar-refractivity contribution in [2.45, 2.75) is 19.1 Å². The molecule has 1 N–H and O–H groups in total. The van der Waals surface area contributed by atoms with Crippen LogP contribution in [0.3, 0.4) is 0 Å². The molecule has 0 radical (unpaired) electrons. The highest BCUT2D eigenvalue weighted by molar-refractivity contribution is 5.95. The lowest BCUT2D eigenvalue weighted by Crippen LogP contribution is -2.48. The average Bonchev–Trinajstić information content (AvgIpc) is 2.66. The first-order valence-electron chi connectivity index (χ1n) is 8.54. The largest absolute Gasteiger partial charge is 0.497 e. The number of methoxy groups -OCH3 is 1. The Balaban J connectivity index is 1.58. The molecule has 136 valence electrons. The molecule has 0 aromatic heterocycles. The molecule has 2 amide bonds. The van der Waals surface area contributed by atoms with Crippen LogP contribution in [0.5, 0.6) is 5.75 Å². The Hall–Kier alpha value is -2.86. The minimum Gasteiger partial charge on any atom is -0.497 e. The molecule has 1 aliphatic heterocycles. The van der Waals surface area contributed by atoms with Crippen LogP contribution in [0.15, 0.2) is 54.6 Å². The van der Waals surface area contributed by atoms with Crippen molar-refractivity contribution in [3.63, 3.8) is 0 Å². The Bertz CT molecular complexity index is 763. The highest BCUT2D eigenvalue weighted by atomic mass is 16.5. The van der Waals surface area contributed by atoms with Gasteiger partial charge in [-0.2, -0.15) is 0 Å². The first-order chi connectivity index (χ1) is 12.7. The van der Waals surface area contributed by atoms with Crippen LogP contribution in [0.25, 0.3) is 0 Å². The molecule has 2 aromatic carbocycles. The van der Waals surface area contributed by atoms with E-state index in [4.69, 9.17) is 9.47 Å². The molecule has 2 aromatic rings. The van der Waals surface area contributed by atoms with Gasteiger partial charge in [0.2, 0.25) is 5.91 Å². The first kappa shape index (κ1) is 17.9. The molecule has 1 aliphatic rings. The first-order valence-corrected chi connectivity index (χ1v) is 8.54. The third kappa shape index (κ3) is 4.61. The van der Waals surface area contributed by atoms with Crippen molar-refractivity contribution in [1.29, 1.82) is 0 Å². The molecule has 26 heavy (non-hydrogen) atoms. The number of amides is 2. The number of morpholine rings is 1. The lowest BCUT2D eigenvalue weighted by Gasteiger charge is -2.32. The van der Waals surface area contributed by atoms with Crippen LogP contribution in [0.4, 0.5) is 5.69 Å². The SMILES string of the molecule is COc1cccc(NC(=O)C[C@H]2OCCN(Cc3ccccc3)C2=O)c1. The van der Waals surface area contributed by atoms with E-state index >= 15 is 0 Å². The van der Waals surface area contributed by atoms with Gasteiger partial charge in [-0.1, -0.05) is 36.4 Å². The molecule has 1 fully saturated rings. The summed E-state index contributed by atoms with van der Waals surface area (Å²) < 4.78 is 10.7. The molecule has 0 bridgehead atoms. The fourth-order valence-electron chi connectivity index (χ4n) is 2.88. The number of hydrogen-bond acceptors (Lipinski definition) is 4. The van der Waals surface area contributed by atoms with Gasteiger partial charge >= 0.3 is 0 Å². The molecule has 0 unspecified atom stereocenters. The molecule has 6 nitrogen and oxygen atoms in total. The molecule has 0 spiro atoms. The Morgan fingerprint density at radius 1 is 1.23 bits per heavy atom. The van der Waals surface area contributed by atoms with Gasteiger partial charge in [0.1, 0.15) is 11.9 Å². The molecular weight excluding hydrogens is 332 g/mol. The van der Waals surface area contributed by atoms with Crippen molar-refractivity contribution in [2.24, 2.45) is 0 Å². The molecule has 6 heteroatoms. The standard InChI is InChI=1S/C20H22N2O4/c1-25-17-9-5-8-16(12-17)21-19(23)13-18-20(24)22(10-11-26-18)14-15-6-3-2-4-7-15/h2-9,12,18H,10-11,13-14H2,1H3,(H,21,23)/t18-/m1/s1. The fourth-order valence-corrected chi connectivity index (χ4v) is 2.88. The average molecular weight is 354 g/mol. The summed E-state index contributed by atoms with van der Waals surface area (Å²) >= 11 is 0. The predicted octanol–water partition coefficient (Wildman–Crippen LogP) is 2.45. The normalized spacial score (nSPS) is 17.0. The van der Waals surface area contributed by atoms with Crippen LogP contribution in [-0.2, 0) is 20.9 Å². The summed E-state index contributed by atoms with van der Waals surface area (Å²) in [5.41, 5.74) is 1.68. The number of ether oxygens (including phenoxy) is 2. The van der Waals surface area contributed by atoms with E-state index in [-0.39, 0.29) is 18.2 Å². The van der Waals surface area contributed by atoms with Crippen molar-refractivity contribution >= 4 is 17.5 Å². The van der Waals surface area contributed by atoms with E-state index in [2.05, 4.69) is 5.32 Å². The second-order valence-electron chi connectivity index (χ2n) is 6.09. The van der Waals surface area contributed by atoms with Crippen LogP contribution < -0.4 is 10.1 Å². The van der Waals surface area contributed by atoms with Gasteiger partial charge in [0.15, 0.2) is 0 Å². The van der Waals surface area contributed by atoms with E-state index in [1.165, 1.54) is 0 Å². The molecular formula is C20H22N2O4. The zero-order valence-electron chi connectivity index (χ0n) is 14.7. The Morgan fingerprint density at radius 3 is 2.81 bits per heavy atom. The molecule has 1 heterocycles. The van der Waals surface area contributed by atoms with E-state index in [0.29, 0.717) is 31.1 Å². The monoisotopic (exact) mass is 354 g/mol. The zero-order chi connectivity index (χ0) is 18.4. The summed E-state index contributed by atoms with van der Waals surface area (Å²) in [6, 6.07) is 16.9. The van der Waals surface area contributed by atoms with Crippen LogP contribution in [-0.4, -0.2) is 43.1 Å². The summed E-state index contributed by atoms with van der Waals surface area (Å²) in [7, 11) is 1.57. The second-order valence-corrected chi connectivity index (χ2v) is 6.09. The van der Waals surface area contributed by atoms with Crippen LogP contribution in [0.2, 0.25) is 0 Å². The van der Waals surface area contributed by atoms with Gasteiger partial charge in [-0.3, -0.25) is 9.59 Å². The zero-order valence-corrected chi connectivity index (χ0v) is 14.7. The van der Waals surface area contributed by atoms with Crippen molar-refractivity contribution in [3.05, 3.63) is 60.2 Å². The van der Waals surface area contributed by atoms with Crippen LogP contribution in [0, 0.1) is 0 Å². The Morgan fingerprint density at radius 2 is 2.04 bits per heavy atom. The van der Waals surface area contributed by atoms with Crippen LogP contribution >= 0.6 is 0 Å². The van der Waals surface area contributed by atoms with Crippen molar-refractivity contribution in [1.82, 2.24) is 4.90 Å². The maximum Gasteiger partial charge on any atom is 0.252 e. The number of hydrogen-bond donors (Lipinski definition) is 1. The number of rotatable bonds is 6. The quantitative estimate of drug-likeness (QED) is 0.865. The number of carbonyl (C=O) groups excluding carboxylic acids is 2. The van der Waals surface area contributed by atoms with Crippen LogP contribution in [0.1, 0.15) is 12.0 Å². The minimum atomic E-state index is -0.752. The molecule has 1 saturated heterocycles. The van der Waals surface area contributed by atoms with E-state index in [1.54, 1.807) is 36.3 Å². The summed E-state index contributed by atoms with van der Waals surface area (Å²) in [6.07, 6.45) is -0.764. The number of carbonyl (C=O) groups is 2. The highest BCUT2D eigenvalue weighted by Crippen LogP contribution is 2.18. The van der Waals surface area contributed by atoms with Crippen molar-refractivity contribution < 1.29 is 19.1 Å². The summed E-state index contributed by atoms with van der Waals surface area (Å²) in [6.45, 7) is 1.48. The number of benzene rings is 2. The van der Waals surface area contributed by atoms with E-state index in [9.17, 15) is 9.59 Å². The maximum absolute atomic E-state index is 12.6. The molecule has 0 saturated carbocycles. The van der Waals surface area contributed by atoms with Crippen molar-refractivity contribution in [2.75, 3.05) is 25.6 Å². The number of anilines is 1. The molecule has 3 rings (SSSR count). The summed E-state index contributed by atoms with van der Waals surface area (Å²) in [4.78, 5) is 26.6. The van der Waals surface area contributed by atoms with Gasteiger partial charge in [-0.25, -0.2) is 0 Å². The molecule has 1 atom stereocenters. The number of nitrogens with one attached hydrogen (secondary N) is 1. The smallest absolute Gasteiger partial charge is 0.252 e. The van der Waals surface area contributed by atoms with Gasteiger partial charge in [0.25, 0.3) is 5.91 Å². The Labute approximate surface area is 152 Å². The lowest BCUT2D eigenvalue weighted by molar-refractivity contribution is -0.155. The van der Waals surface area contributed by atoms with E-state index < -0.39 is 6.10 Å².